The Hall–Kier alpha value is -1.27. The van der Waals surface area contributed by atoms with E-state index in [9.17, 15) is 9.90 Å². The van der Waals surface area contributed by atoms with Crippen molar-refractivity contribution < 1.29 is 14.6 Å². The van der Waals surface area contributed by atoms with Crippen LogP contribution in [0.5, 0.6) is 5.88 Å². The van der Waals surface area contributed by atoms with Crippen molar-refractivity contribution >= 4 is 17.7 Å². The average molecular weight is 280 g/mol. The summed E-state index contributed by atoms with van der Waals surface area (Å²) < 4.78 is 5.77. The minimum absolute atomic E-state index is 0.0710. The summed E-state index contributed by atoms with van der Waals surface area (Å²) in [6.45, 7) is 0.827. The van der Waals surface area contributed by atoms with Crippen LogP contribution in [-0.4, -0.2) is 57.7 Å². The van der Waals surface area contributed by atoms with E-state index < -0.39 is 0 Å². The highest BCUT2D eigenvalue weighted by Crippen LogP contribution is 2.23. The van der Waals surface area contributed by atoms with Gasteiger partial charge in [-0.3, -0.25) is 4.79 Å². The topological polar surface area (TPSA) is 62.7 Å². The Kier molecular flexibility index (Phi) is 3.61. The maximum absolute atomic E-state index is 12.1. The first-order valence-corrected chi connectivity index (χ1v) is 7.55. The van der Waals surface area contributed by atoms with Gasteiger partial charge in [0.15, 0.2) is 0 Å². The van der Waals surface area contributed by atoms with Gasteiger partial charge in [-0.2, -0.15) is 11.8 Å². The molecule has 102 valence electrons. The van der Waals surface area contributed by atoms with Gasteiger partial charge in [-0.1, -0.05) is 0 Å². The SMILES string of the molecule is O=C(c1ccnc(O[C@H]2CCSC2)c1)N1CC(O)C1. The lowest BCUT2D eigenvalue weighted by molar-refractivity contribution is 0.00585. The number of hydrogen-bond donors (Lipinski definition) is 1. The molecular weight excluding hydrogens is 264 g/mol. The number of hydrogen-bond acceptors (Lipinski definition) is 5. The van der Waals surface area contributed by atoms with Crippen LogP contribution in [-0.2, 0) is 0 Å². The Balaban J connectivity index is 1.67. The lowest BCUT2D eigenvalue weighted by Crippen LogP contribution is -2.53. The number of rotatable bonds is 3. The van der Waals surface area contributed by atoms with Crippen LogP contribution in [0.15, 0.2) is 18.3 Å². The molecule has 6 heteroatoms. The van der Waals surface area contributed by atoms with Gasteiger partial charge in [-0.05, 0) is 18.2 Å². The van der Waals surface area contributed by atoms with Gasteiger partial charge < -0.3 is 14.7 Å². The number of nitrogens with zero attached hydrogens (tertiary/aromatic N) is 2. The zero-order valence-electron chi connectivity index (χ0n) is 10.5. The number of carbonyl (C=O) groups excluding carboxylic acids is 1. The summed E-state index contributed by atoms with van der Waals surface area (Å²) in [5.74, 6) is 2.55. The van der Waals surface area contributed by atoms with Crippen LogP contribution in [0.2, 0.25) is 0 Å². The van der Waals surface area contributed by atoms with Crippen LogP contribution in [0, 0.1) is 0 Å². The molecule has 19 heavy (non-hydrogen) atoms. The number of amides is 1. The molecular formula is C13H16N2O3S. The molecule has 3 heterocycles. The predicted octanol–water partition coefficient (Wildman–Crippen LogP) is 0.783. The van der Waals surface area contributed by atoms with Gasteiger partial charge in [-0.15, -0.1) is 0 Å². The fourth-order valence-electron chi connectivity index (χ4n) is 2.19. The Labute approximate surface area is 116 Å². The Morgan fingerprint density at radius 3 is 3.05 bits per heavy atom. The molecule has 0 unspecified atom stereocenters. The van der Waals surface area contributed by atoms with E-state index in [4.69, 9.17) is 4.74 Å². The molecule has 1 aromatic rings. The van der Waals surface area contributed by atoms with Crippen LogP contribution >= 0.6 is 11.8 Å². The molecule has 5 nitrogen and oxygen atoms in total. The van der Waals surface area contributed by atoms with Crippen LogP contribution in [0.1, 0.15) is 16.8 Å². The van der Waals surface area contributed by atoms with Crippen LogP contribution in [0.25, 0.3) is 0 Å². The first-order chi connectivity index (χ1) is 9.22. The second kappa shape index (κ2) is 5.38. The fourth-order valence-corrected chi connectivity index (χ4v) is 3.28. The van der Waals surface area contributed by atoms with Crippen molar-refractivity contribution in [2.75, 3.05) is 24.6 Å². The van der Waals surface area contributed by atoms with Gasteiger partial charge in [-0.25, -0.2) is 4.98 Å². The van der Waals surface area contributed by atoms with E-state index in [1.807, 2.05) is 11.8 Å². The van der Waals surface area contributed by atoms with E-state index in [2.05, 4.69) is 4.98 Å². The highest BCUT2D eigenvalue weighted by atomic mass is 32.2. The van der Waals surface area contributed by atoms with Gasteiger partial charge in [0, 0.05) is 36.7 Å². The molecule has 2 aliphatic rings. The highest BCUT2D eigenvalue weighted by molar-refractivity contribution is 7.99. The van der Waals surface area contributed by atoms with Gasteiger partial charge in [0.1, 0.15) is 6.10 Å². The number of likely N-dealkylation sites (tertiary alicyclic amines) is 1. The number of β-amino-alcohol motifs (C(OH)–C–C–N with tert-alkyl or cyclic N) is 1. The van der Waals surface area contributed by atoms with Crippen molar-refractivity contribution in [1.29, 1.82) is 0 Å². The smallest absolute Gasteiger partial charge is 0.254 e. The number of carbonyl (C=O) groups is 1. The molecule has 0 aromatic carbocycles. The number of aromatic nitrogens is 1. The van der Waals surface area contributed by atoms with Gasteiger partial charge in [0.05, 0.1) is 6.10 Å². The molecule has 1 aromatic heterocycles. The molecule has 0 aliphatic carbocycles. The monoisotopic (exact) mass is 280 g/mol. The van der Waals surface area contributed by atoms with Crippen molar-refractivity contribution in [2.24, 2.45) is 0 Å². The van der Waals surface area contributed by atoms with Crippen molar-refractivity contribution in [3.05, 3.63) is 23.9 Å². The Morgan fingerprint density at radius 1 is 1.53 bits per heavy atom. The molecule has 0 bridgehead atoms. The molecule has 1 N–H and O–H groups in total. The second-order valence-electron chi connectivity index (χ2n) is 4.85. The van der Waals surface area contributed by atoms with Crippen molar-refractivity contribution in [1.82, 2.24) is 9.88 Å². The van der Waals surface area contributed by atoms with E-state index in [1.54, 1.807) is 23.2 Å². The third-order valence-electron chi connectivity index (χ3n) is 3.31. The van der Waals surface area contributed by atoms with Crippen molar-refractivity contribution in [3.8, 4) is 5.88 Å². The zero-order valence-corrected chi connectivity index (χ0v) is 11.3. The first kappa shape index (κ1) is 12.7. The average Bonchev–Trinajstić information content (AvgIpc) is 2.87. The minimum Gasteiger partial charge on any atom is -0.473 e. The predicted molar refractivity (Wildman–Crippen MR) is 72.5 cm³/mol. The van der Waals surface area contributed by atoms with Crippen LogP contribution < -0.4 is 4.74 Å². The Morgan fingerprint density at radius 2 is 2.37 bits per heavy atom. The summed E-state index contributed by atoms with van der Waals surface area (Å²) in [5.41, 5.74) is 0.572. The molecule has 0 spiro atoms. The number of ether oxygens (including phenoxy) is 1. The summed E-state index contributed by atoms with van der Waals surface area (Å²) in [6.07, 6.45) is 2.45. The highest BCUT2D eigenvalue weighted by Gasteiger charge is 2.29. The molecule has 0 saturated carbocycles. The fraction of sp³-hybridized carbons (Fsp3) is 0.538. The van der Waals surface area contributed by atoms with Crippen molar-refractivity contribution in [3.63, 3.8) is 0 Å². The summed E-state index contributed by atoms with van der Waals surface area (Å²) in [4.78, 5) is 17.9. The number of aliphatic hydroxyl groups excluding tert-OH is 1. The lowest BCUT2D eigenvalue weighted by atomic mass is 10.1. The summed E-state index contributed by atoms with van der Waals surface area (Å²) in [6, 6.07) is 3.37. The van der Waals surface area contributed by atoms with Gasteiger partial charge in [0.2, 0.25) is 5.88 Å². The summed E-state index contributed by atoms with van der Waals surface area (Å²) >= 11 is 1.87. The normalized spacial score (nSPS) is 23.2. The summed E-state index contributed by atoms with van der Waals surface area (Å²) in [5, 5.41) is 9.23. The molecule has 2 fully saturated rings. The quantitative estimate of drug-likeness (QED) is 0.886. The van der Waals surface area contributed by atoms with E-state index in [0.29, 0.717) is 24.5 Å². The largest absolute Gasteiger partial charge is 0.473 e. The number of pyridine rings is 1. The van der Waals surface area contributed by atoms with E-state index in [-0.39, 0.29) is 18.1 Å². The maximum Gasteiger partial charge on any atom is 0.254 e. The lowest BCUT2D eigenvalue weighted by Gasteiger charge is -2.35. The van der Waals surface area contributed by atoms with Gasteiger partial charge >= 0.3 is 0 Å². The van der Waals surface area contributed by atoms with E-state index in [1.165, 1.54) is 0 Å². The second-order valence-corrected chi connectivity index (χ2v) is 6.00. The third-order valence-corrected chi connectivity index (χ3v) is 4.44. The van der Waals surface area contributed by atoms with Gasteiger partial charge in [0.25, 0.3) is 5.91 Å². The molecule has 3 rings (SSSR count). The van der Waals surface area contributed by atoms with Crippen molar-refractivity contribution in [2.45, 2.75) is 18.6 Å². The number of aliphatic hydroxyl groups is 1. The minimum atomic E-state index is -0.378. The molecule has 1 atom stereocenters. The molecule has 2 saturated heterocycles. The van der Waals surface area contributed by atoms with E-state index >= 15 is 0 Å². The molecule has 0 radical (unpaired) electrons. The first-order valence-electron chi connectivity index (χ1n) is 6.40. The maximum atomic E-state index is 12.1. The van der Waals surface area contributed by atoms with Crippen LogP contribution in [0.3, 0.4) is 0 Å². The zero-order chi connectivity index (χ0) is 13.2. The standard InChI is InChI=1S/C13H16N2O3S/c16-10-6-15(7-10)13(17)9-1-3-14-12(5-9)18-11-2-4-19-8-11/h1,3,5,10-11,16H,2,4,6-8H2/t11-/m0/s1. The molecule has 1 amide bonds. The summed E-state index contributed by atoms with van der Waals surface area (Å²) in [7, 11) is 0. The number of thioether (sulfide) groups is 1. The van der Waals surface area contributed by atoms with E-state index in [0.717, 1.165) is 17.9 Å². The molecule has 2 aliphatic heterocycles. The van der Waals surface area contributed by atoms with Crippen LogP contribution in [0.4, 0.5) is 0 Å². The third kappa shape index (κ3) is 2.84. The Bertz CT molecular complexity index is 471.